The van der Waals surface area contributed by atoms with E-state index in [0.29, 0.717) is 11.6 Å². The fourth-order valence-electron chi connectivity index (χ4n) is 0.822. The maximum absolute atomic E-state index is 11.0. The second kappa shape index (κ2) is 3.36. The van der Waals surface area contributed by atoms with E-state index in [2.05, 4.69) is 9.72 Å². The number of esters is 1. The quantitative estimate of drug-likeness (QED) is 0.642. The molecule has 0 aliphatic carbocycles. The Morgan fingerprint density at radius 3 is 2.83 bits per heavy atom. The number of carbonyl (C=O) groups excluding carboxylic acids is 1. The first-order chi connectivity index (χ1) is 5.69. The molecular formula is C7H10N2O3. The molecule has 0 saturated carbocycles. The lowest BCUT2D eigenvalue weighted by molar-refractivity contribution is 0.0562. The molecule has 1 aromatic rings. The molecular weight excluding hydrogens is 160 g/mol. The lowest BCUT2D eigenvalue weighted by Crippen LogP contribution is -2.01. The van der Waals surface area contributed by atoms with E-state index in [1.807, 2.05) is 0 Å². The molecule has 1 heterocycles. The van der Waals surface area contributed by atoms with Gasteiger partial charge in [0.2, 0.25) is 11.7 Å². The van der Waals surface area contributed by atoms with Gasteiger partial charge in [-0.15, -0.1) is 0 Å². The zero-order chi connectivity index (χ0) is 9.14. The summed E-state index contributed by atoms with van der Waals surface area (Å²) >= 11 is 0. The van der Waals surface area contributed by atoms with Crippen molar-refractivity contribution in [3.8, 4) is 0 Å². The van der Waals surface area contributed by atoms with Gasteiger partial charge in [-0.3, -0.25) is 0 Å². The third kappa shape index (κ3) is 1.45. The molecule has 0 saturated heterocycles. The van der Waals surface area contributed by atoms with Crippen molar-refractivity contribution < 1.29 is 13.9 Å². The molecule has 0 spiro atoms. The van der Waals surface area contributed by atoms with Crippen LogP contribution in [0.3, 0.4) is 0 Å². The maximum Gasteiger partial charge on any atom is 0.375 e. The van der Waals surface area contributed by atoms with Crippen molar-refractivity contribution in [1.82, 2.24) is 4.98 Å². The van der Waals surface area contributed by atoms with Gasteiger partial charge in [0.15, 0.2) is 0 Å². The average Bonchev–Trinajstić information content (AvgIpc) is 2.45. The van der Waals surface area contributed by atoms with Crippen LogP contribution in [0.4, 0.5) is 0 Å². The summed E-state index contributed by atoms with van der Waals surface area (Å²) in [4.78, 5) is 14.9. The molecule has 5 nitrogen and oxygen atoms in total. The van der Waals surface area contributed by atoms with Crippen LogP contribution < -0.4 is 5.73 Å². The molecule has 0 atom stereocenters. The summed E-state index contributed by atoms with van der Waals surface area (Å²) in [5.41, 5.74) is 5.77. The van der Waals surface area contributed by atoms with Gasteiger partial charge in [-0.1, -0.05) is 0 Å². The van der Waals surface area contributed by atoms with Crippen molar-refractivity contribution in [3.05, 3.63) is 17.3 Å². The van der Waals surface area contributed by atoms with Crippen LogP contribution in [-0.2, 0) is 11.3 Å². The van der Waals surface area contributed by atoms with E-state index in [0.717, 1.165) is 0 Å². The monoisotopic (exact) mass is 170 g/mol. The molecule has 0 amide bonds. The molecule has 2 N–H and O–H groups in total. The lowest BCUT2D eigenvalue weighted by atomic mass is 10.4. The minimum absolute atomic E-state index is 0.123. The van der Waals surface area contributed by atoms with Gasteiger partial charge in [0.1, 0.15) is 0 Å². The van der Waals surface area contributed by atoms with Gasteiger partial charge in [-0.05, 0) is 6.92 Å². The number of rotatable bonds is 2. The number of aromatic nitrogens is 1. The van der Waals surface area contributed by atoms with Crippen LogP contribution in [0, 0.1) is 6.92 Å². The van der Waals surface area contributed by atoms with Crippen molar-refractivity contribution in [2.24, 2.45) is 5.73 Å². The summed E-state index contributed by atoms with van der Waals surface area (Å²) in [6.45, 7) is 1.84. The number of methoxy groups -OCH3 is 1. The maximum atomic E-state index is 11.0. The number of hydrogen-bond donors (Lipinski definition) is 1. The van der Waals surface area contributed by atoms with Crippen LogP contribution in [0.2, 0.25) is 0 Å². The largest absolute Gasteiger partial charge is 0.463 e. The van der Waals surface area contributed by atoms with E-state index in [1.165, 1.54) is 7.11 Å². The molecule has 5 heteroatoms. The third-order valence-corrected chi connectivity index (χ3v) is 1.39. The second-order valence-corrected chi connectivity index (χ2v) is 2.22. The summed E-state index contributed by atoms with van der Waals surface area (Å²) in [6.07, 6.45) is 0. The Morgan fingerprint density at radius 2 is 2.42 bits per heavy atom. The minimum atomic E-state index is -0.528. The van der Waals surface area contributed by atoms with Crippen molar-refractivity contribution in [3.63, 3.8) is 0 Å². The number of nitrogens with two attached hydrogens (primary N) is 1. The lowest BCUT2D eigenvalue weighted by Gasteiger charge is -1.92. The number of oxazole rings is 1. The smallest absolute Gasteiger partial charge is 0.375 e. The topological polar surface area (TPSA) is 78.3 Å². The van der Waals surface area contributed by atoms with Crippen molar-refractivity contribution in [1.29, 1.82) is 0 Å². The van der Waals surface area contributed by atoms with Gasteiger partial charge in [-0.25, -0.2) is 9.78 Å². The Kier molecular flexibility index (Phi) is 2.44. The molecule has 0 unspecified atom stereocenters. The van der Waals surface area contributed by atoms with Crippen LogP contribution in [0.15, 0.2) is 4.42 Å². The zero-order valence-electron chi connectivity index (χ0n) is 6.96. The second-order valence-electron chi connectivity index (χ2n) is 2.22. The van der Waals surface area contributed by atoms with E-state index < -0.39 is 5.97 Å². The molecule has 0 fully saturated rings. The first kappa shape index (κ1) is 8.73. The van der Waals surface area contributed by atoms with Gasteiger partial charge in [0.05, 0.1) is 19.3 Å². The molecule has 0 bridgehead atoms. The summed E-state index contributed by atoms with van der Waals surface area (Å²) < 4.78 is 9.47. The van der Waals surface area contributed by atoms with E-state index in [-0.39, 0.29) is 12.3 Å². The Balaban J connectivity index is 2.99. The van der Waals surface area contributed by atoms with E-state index in [9.17, 15) is 4.79 Å². The standard InChI is InChI=1S/C7H10N2O3/c1-4-6(7(10)11-2)12-5(3-8)9-4/h3,8H2,1-2H3. The van der Waals surface area contributed by atoms with E-state index in [1.54, 1.807) is 6.92 Å². The Hall–Kier alpha value is -1.36. The van der Waals surface area contributed by atoms with Crippen molar-refractivity contribution in [2.45, 2.75) is 13.5 Å². The molecule has 66 valence electrons. The summed E-state index contributed by atoms with van der Waals surface area (Å²) in [5.74, 6) is -0.0643. The first-order valence-electron chi connectivity index (χ1n) is 3.43. The number of ether oxygens (including phenoxy) is 1. The number of carbonyl (C=O) groups is 1. The highest BCUT2D eigenvalue weighted by atomic mass is 16.5. The molecule has 0 radical (unpaired) electrons. The molecule has 0 aromatic carbocycles. The van der Waals surface area contributed by atoms with Crippen LogP contribution >= 0.6 is 0 Å². The normalized spacial score (nSPS) is 9.92. The molecule has 1 rings (SSSR count). The summed E-state index contributed by atoms with van der Waals surface area (Å²) in [6, 6.07) is 0. The van der Waals surface area contributed by atoms with Crippen LogP contribution in [0.1, 0.15) is 22.1 Å². The number of hydrogen-bond acceptors (Lipinski definition) is 5. The fourth-order valence-corrected chi connectivity index (χ4v) is 0.822. The highest BCUT2D eigenvalue weighted by molar-refractivity contribution is 5.87. The molecule has 0 aliphatic rings. The van der Waals surface area contributed by atoms with E-state index in [4.69, 9.17) is 10.2 Å². The Bertz CT molecular complexity index is 293. The van der Waals surface area contributed by atoms with Gasteiger partial charge in [-0.2, -0.15) is 0 Å². The van der Waals surface area contributed by atoms with E-state index >= 15 is 0 Å². The van der Waals surface area contributed by atoms with Gasteiger partial charge in [0, 0.05) is 0 Å². The molecule has 12 heavy (non-hydrogen) atoms. The molecule has 0 aliphatic heterocycles. The Labute approximate surface area is 69.5 Å². The fraction of sp³-hybridized carbons (Fsp3) is 0.429. The van der Waals surface area contributed by atoms with Crippen LogP contribution in [-0.4, -0.2) is 18.1 Å². The zero-order valence-corrected chi connectivity index (χ0v) is 6.96. The van der Waals surface area contributed by atoms with Gasteiger partial charge >= 0.3 is 5.97 Å². The van der Waals surface area contributed by atoms with Crippen molar-refractivity contribution in [2.75, 3.05) is 7.11 Å². The number of aryl methyl sites for hydroxylation is 1. The van der Waals surface area contributed by atoms with Gasteiger partial charge in [0.25, 0.3) is 0 Å². The molecule has 1 aromatic heterocycles. The highest BCUT2D eigenvalue weighted by Crippen LogP contribution is 2.10. The Morgan fingerprint density at radius 1 is 1.75 bits per heavy atom. The predicted octanol–water partition coefficient (Wildman–Crippen LogP) is 0.228. The minimum Gasteiger partial charge on any atom is -0.463 e. The summed E-state index contributed by atoms with van der Waals surface area (Å²) in [5, 5.41) is 0. The summed E-state index contributed by atoms with van der Waals surface area (Å²) in [7, 11) is 1.28. The van der Waals surface area contributed by atoms with Crippen LogP contribution in [0.5, 0.6) is 0 Å². The number of nitrogens with zero attached hydrogens (tertiary/aromatic N) is 1. The predicted molar refractivity (Wildman–Crippen MR) is 40.5 cm³/mol. The first-order valence-corrected chi connectivity index (χ1v) is 3.43. The third-order valence-electron chi connectivity index (χ3n) is 1.39. The SMILES string of the molecule is COC(=O)c1oc(CN)nc1C. The average molecular weight is 170 g/mol. The highest BCUT2D eigenvalue weighted by Gasteiger charge is 2.16. The van der Waals surface area contributed by atoms with Crippen LogP contribution in [0.25, 0.3) is 0 Å². The van der Waals surface area contributed by atoms with Crippen molar-refractivity contribution >= 4 is 5.97 Å². The van der Waals surface area contributed by atoms with Gasteiger partial charge < -0.3 is 14.9 Å².